The van der Waals surface area contributed by atoms with Crippen LogP contribution >= 0.6 is 0 Å². The van der Waals surface area contributed by atoms with Gasteiger partial charge in [-0.05, 0) is 37.5 Å². The van der Waals surface area contributed by atoms with E-state index in [1.165, 1.54) is 6.07 Å². The molecule has 0 radical (unpaired) electrons. The molecule has 18 heavy (non-hydrogen) atoms. The van der Waals surface area contributed by atoms with Gasteiger partial charge in [0.15, 0.2) is 6.10 Å². The van der Waals surface area contributed by atoms with Gasteiger partial charge in [0.1, 0.15) is 16.7 Å². The molecule has 98 valence electrons. The van der Waals surface area contributed by atoms with E-state index in [0.29, 0.717) is 12.0 Å². The Balaban J connectivity index is 3.39. The zero-order valence-corrected chi connectivity index (χ0v) is 11.4. The van der Waals surface area contributed by atoms with Crippen molar-refractivity contribution in [3.8, 4) is 11.8 Å². The van der Waals surface area contributed by atoms with Crippen molar-refractivity contribution in [1.82, 2.24) is 0 Å². The molecule has 0 aliphatic rings. The van der Waals surface area contributed by atoms with Gasteiger partial charge in [0.2, 0.25) is 10.0 Å². The van der Waals surface area contributed by atoms with E-state index >= 15 is 0 Å². The summed E-state index contributed by atoms with van der Waals surface area (Å²) in [6.45, 7) is 5.28. The molecule has 0 saturated carbocycles. The van der Waals surface area contributed by atoms with Gasteiger partial charge in [-0.25, -0.2) is 13.6 Å². The molecule has 0 aliphatic heterocycles. The van der Waals surface area contributed by atoms with Gasteiger partial charge in [0, 0.05) is 0 Å². The molecule has 0 heterocycles. The van der Waals surface area contributed by atoms with Crippen LogP contribution in [0.4, 0.5) is 0 Å². The van der Waals surface area contributed by atoms with Gasteiger partial charge in [-0.2, -0.15) is 5.26 Å². The molecule has 0 spiro atoms. The second-order valence-electron chi connectivity index (χ2n) is 4.10. The maximum absolute atomic E-state index is 11.5. The molecule has 1 rings (SSSR count). The van der Waals surface area contributed by atoms with Crippen molar-refractivity contribution in [3.05, 3.63) is 23.3 Å². The van der Waals surface area contributed by atoms with Crippen molar-refractivity contribution in [3.63, 3.8) is 0 Å². The predicted octanol–water partition coefficient (Wildman–Crippen LogP) is 1.63. The van der Waals surface area contributed by atoms with Gasteiger partial charge in [-0.1, -0.05) is 13.0 Å². The Morgan fingerprint density at radius 1 is 1.44 bits per heavy atom. The highest BCUT2D eigenvalue weighted by molar-refractivity contribution is 7.89. The lowest BCUT2D eigenvalue weighted by atomic mass is 10.1. The maximum atomic E-state index is 11.5. The van der Waals surface area contributed by atoms with Gasteiger partial charge in [-0.3, -0.25) is 0 Å². The van der Waals surface area contributed by atoms with Crippen molar-refractivity contribution >= 4 is 10.0 Å². The lowest BCUT2D eigenvalue weighted by Gasteiger charge is -2.16. The summed E-state index contributed by atoms with van der Waals surface area (Å²) in [5.74, 6) is 0.163. The molecule has 0 amide bonds. The standard InChI is InChI=1S/C12H16N2O3S/c1-4-10(7-13)17-12-9(3)5-8(2)6-11(12)18(14,15)16/h5-6,10H,4H2,1-3H3,(H2,14,15,16). The molecule has 2 N–H and O–H groups in total. The molecule has 0 fully saturated rings. The summed E-state index contributed by atoms with van der Waals surface area (Å²) >= 11 is 0. The quantitative estimate of drug-likeness (QED) is 0.898. The summed E-state index contributed by atoms with van der Waals surface area (Å²) < 4.78 is 28.5. The first-order chi connectivity index (χ1) is 8.29. The summed E-state index contributed by atoms with van der Waals surface area (Å²) in [6.07, 6.45) is -0.222. The van der Waals surface area contributed by atoms with Crippen LogP contribution in [-0.4, -0.2) is 14.5 Å². The van der Waals surface area contributed by atoms with E-state index in [1.54, 1.807) is 26.8 Å². The van der Waals surface area contributed by atoms with Gasteiger partial charge >= 0.3 is 0 Å². The molecule has 0 aliphatic carbocycles. The van der Waals surface area contributed by atoms with E-state index in [1.807, 2.05) is 6.07 Å². The fourth-order valence-corrected chi connectivity index (χ4v) is 2.44. The lowest BCUT2D eigenvalue weighted by molar-refractivity contribution is 0.243. The van der Waals surface area contributed by atoms with Gasteiger partial charge < -0.3 is 4.74 Å². The number of nitrogens with zero attached hydrogens (tertiary/aromatic N) is 1. The van der Waals surface area contributed by atoms with Crippen LogP contribution in [0, 0.1) is 25.2 Å². The highest BCUT2D eigenvalue weighted by Gasteiger charge is 2.20. The number of hydrogen-bond donors (Lipinski definition) is 1. The number of hydrogen-bond acceptors (Lipinski definition) is 4. The van der Waals surface area contributed by atoms with Crippen LogP contribution < -0.4 is 9.88 Å². The van der Waals surface area contributed by atoms with Crippen LogP contribution in [0.5, 0.6) is 5.75 Å². The van der Waals surface area contributed by atoms with Crippen LogP contribution in [0.2, 0.25) is 0 Å². The topological polar surface area (TPSA) is 93.2 Å². The third-order valence-corrected chi connectivity index (χ3v) is 3.38. The Hall–Kier alpha value is -1.58. The molecule has 5 nitrogen and oxygen atoms in total. The Kier molecular flexibility index (Phi) is 4.33. The number of ether oxygens (including phenoxy) is 1. The molecule has 1 aromatic carbocycles. The summed E-state index contributed by atoms with van der Waals surface area (Å²) in [4.78, 5) is -0.0753. The number of rotatable bonds is 4. The lowest BCUT2D eigenvalue weighted by Crippen LogP contribution is -2.19. The van der Waals surface area contributed by atoms with Crippen molar-refractivity contribution in [2.45, 2.75) is 38.2 Å². The van der Waals surface area contributed by atoms with Crippen LogP contribution in [0.15, 0.2) is 17.0 Å². The Labute approximate surface area is 107 Å². The molecule has 1 unspecified atom stereocenters. The van der Waals surface area contributed by atoms with Gasteiger partial charge in [0.25, 0.3) is 0 Å². The minimum atomic E-state index is -3.87. The monoisotopic (exact) mass is 268 g/mol. The van der Waals surface area contributed by atoms with E-state index in [0.717, 1.165) is 5.56 Å². The summed E-state index contributed by atoms with van der Waals surface area (Å²) in [6, 6.07) is 5.19. The Bertz CT molecular complexity index is 588. The second kappa shape index (κ2) is 5.38. The average molecular weight is 268 g/mol. The molecule has 6 heteroatoms. The fourth-order valence-electron chi connectivity index (χ4n) is 1.62. The Morgan fingerprint density at radius 2 is 2.06 bits per heavy atom. The second-order valence-corrected chi connectivity index (χ2v) is 5.63. The van der Waals surface area contributed by atoms with Crippen LogP contribution in [-0.2, 0) is 10.0 Å². The van der Waals surface area contributed by atoms with Gasteiger partial charge in [0.05, 0.1) is 0 Å². The van der Waals surface area contributed by atoms with Crippen LogP contribution in [0.25, 0.3) is 0 Å². The molecule has 0 aromatic heterocycles. The summed E-state index contributed by atoms with van der Waals surface area (Å²) in [5.41, 5.74) is 1.42. The first kappa shape index (κ1) is 14.5. The van der Waals surface area contributed by atoms with E-state index in [9.17, 15) is 8.42 Å². The van der Waals surface area contributed by atoms with Crippen molar-refractivity contribution < 1.29 is 13.2 Å². The molecule has 0 bridgehead atoms. The van der Waals surface area contributed by atoms with Crippen molar-refractivity contribution in [2.24, 2.45) is 5.14 Å². The summed E-state index contributed by atoms with van der Waals surface area (Å²) in [7, 11) is -3.87. The van der Waals surface area contributed by atoms with E-state index in [2.05, 4.69) is 0 Å². The number of benzene rings is 1. The van der Waals surface area contributed by atoms with E-state index in [-0.39, 0.29) is 10.6 Å². The van der Waals surface area contributed by atoms with E-state index in [4.69, 9.17) is 15.1 Å². The number of sulfonamides is 1. The van der Waals surface area contributed by atoms with Crippen molar-refractivity contribution in [1.29, 1.82) is 5.26 Å². The van der Waals surface area contributed by atoms with Crippen LogP contribution in [0.1, 0.15) is 24.5 Å². The maximum Gasteiger partial charge on any atom is 0.241 e. The minimum absolute atomic E-state index is 0.0753. The third kappa shape index (κ3) is 3.22. The SMILES string of the molecule is CCC(C#N)Oc1c(C)cc(C)cc1S(N)(=O)=O. The minimum Gasteiger partial charge on any atom is -0.474 e. The predicted molar refractivity (Wildman–Crippen MR) is 67.6 cm³/mol. The first-order valence-electron chi connectivity index (χ1n) is 5.50. The van der Waals surface area contributed by atoms with E-state index < -0.39 is 16.1 Å². The fraction of sp³-hybridized carbons (Fsp3) is 0.417. The third-order valence-electron chi connectivity index (χ3n) is 2.47. The first-order valence-corrected chi connectivity index (χ1v) is 7.04. The molecule has 1 aromatic rings. The zero-order valence-electron chi connectivity index (χ0n) is 10.6. The number of nitrogens with two attached hydrogens (primary N) is 1. The molecule has 0 saturated heterocycles. The average Bonchev–Trinajstić information content (AvgIpc) is 2.26. The van der Waals surface area contributed by atoms with Crippen molar-refractivity contribution in [2.75, 3.05) is 0 Å². The number of aryl methyl sites for hydroxylation is 2. The Morgan fingerprint density at radius 3 is 2.50 bits per heavy atom. The number of nitriles is 1. The van der Waals surface area contributed by atoms with Gasteiger partial charge in [-0.15, -0.1) is 0 Å². The largest absolute Gasteiger partial charge is 0.474 e. The highest BCUT2D eigenvalue weighted by Crippen LogP contribution is 2.29. The number of primary sulfonamides is 1. The smallest absolute Gasteiger partial charge is 0.241 e. The molecular weight excluding hydrogens is 252 g/mol. The summed E-state index contributed by atoms with van der Waals surface area (Å²) in [5, 5.41) is 14.0. The molecule has 1 atom stereocenters. The molecular formula is C12H16N2O3S. The zero-order chi connectivity index (χ0) is 13.9. The van der Waals surface area contributed by atoms with Crippen LogP contribution in [0.3, 0.4) is 0 Å². The normalized spacial score (nSPS) is 12.8. The highest BCUT2D eigenvalue weighted by atomic mass is 32.2.